The van der Waals surface area contributed by atoms with Gasteiger partial charge in [-0.2, -0.15) is 0 Å². The summed E-state index contributed by atoms with van der Waals surface area (Å²) in [5.74, 6) is -0.733. The monoisotopic (exact) mass is 572 g/mol. The fourth-order valence-electron chi connectivity index (χ4n) is 4.36. The molecule has 0 saturated carbocycles. The molecule has 4 amide bonds. The quantitative estimate of drug-likeness (QED) is 0.128. The number of nitrogens with two attached hydrogens (primary N) is 2. The van der Waals surface area contributed by atoms with Crippen molar-refractivity contribution >= 4 is 35.0 Å². The lowest BCUT2D eigenvalue weighted by molar-refractivity contribution is 0.0937. The maximum Gasteiger partial charge on any atom is 0.251 e. The zero-order valence-corrected chi connectivity index (χ0v) is 24.2. The fourth-order valence-corrected chi connectivity index (χ4v) is 4.36. The van der Waals surface area contributed by atoms with Gasteiger partial charge in [0.05, 0.1) is 0 Å². The molecule has 0 aliphatic heterocycles. The minimum atomic E-state index is -0.222. The third-order valence-corrected chi connectivity index (χ3v) is 6.75. The molecule has 0 heterocycles. The first-order valence-electron chi connectivity index (χ1n) is 14.1. The number of anilines is 2. The van der Waals surface area contributed by atoms with E-state index in [1.807, 2.05) is 13.8 Å². The van der Waals surface area contributed by atoms with Gasteiger partial charge in [-0.15, -0.1) is 0 Å². The molecule has 0 aliphatic rings. The molecule has 10 heteroatoms. The highest BCUT2D eigenvalue weighted by molar-refractivity contribution is 5.98. The largest absolute Gasteiger partial charge is 0.399 e. The second-order valence-corrected chi connectivity index (χ2v) is 10.2. The first kappa shape index (κ1) is 31.7. The van der Waals surface area contributed by atoms with Gasteiger partial charge in [-0.25, -0.2) is 0 Å². The number of aryl methyl sites for hydroxylation is 2. The molecule has 0 spiro atoms. The number of nitrogens with one attached hydrogen (secondary N) is 4. The Balaban J connectivity index is 1.27. The second kappa shape index (κ2) is 15.8. The number of rotatable bonds is 14. The molecule has 8 N–H and O–H groups in total. The molecule has 222 valence electrons. The maximum absolute atomic E-state index is 12.4. The van der Waals surface area contributed by atoms with Crippen LogP contribution in [0.4, 0.5) is 11.4 Å². The van der Waals surface area contributed by atoms with E-state index in [9.17, 15) is 19.2 Å². The summed E-state index contributed by atoms with van der Waals surface area (Å²) >= 11 is 0. The van der Waals surface area contributed by atoms with Gasteiger partial charge in [0.25, 0.3) is 23.6 Å². The molecule has 0 fully saturated rings. The van der Waals surface area contributed by atoms with E-state index in [0.29, 0.717) is 85.5 Å². The van der Waals surface area contributed by atoms with Crippen molar-refractivity contribution in [3.63, 3.8) is 0 Å². The van der Waals surface area contributed by atoms with Crippen LogP contribution in [-0.2, 0) is 0 Å². The van der Waals surface area contributed by atoms with Crippen LogP contribution in [-0.4, -0.2) is 49.8 Å². The van der Waals surface area contributed by atoms with E-state index in [2.05, 4.69) is 21.3 Å². The summed E-state index contributed by atoms with van der Waals surface area (Å²) in [6, 6.07) is 16.8. The first-order valence-corrected chi connectivity index (χ1v) is 14.1. The maximum atomic E-state index is 12.4. The number of nitrogen functional groups attached to an aromatic ring is 2. The average Bonchev–Trinajstić information content (AvgIpc) is 2.96. The number of unbranched alkanes of at least 4 members (excludes halogenated alkanes) is 2. The number of benzene rings is 3. The molecule has 3 rings (SSSR count). The fraction of sp³-hybridized carbons (Fsp3) is 0.312. The van der Waals surface area contributed by atoms with Gasteiger partial charge in [0.2, 0.25) is 0 Å². The summed E-state index contributed by atoms with van der Waals surface area (Å²) in [5, 5.41) is 11.5. The van der Waals surface area contributed by atoms with Crippen LogP contribution in [0.15, 0.2) is 60.7 Å². The Labute approximate surface area is 246 Å². The Morgan fingerprint density at radius 3 is 1.12 bits per heavy atom. The number of carbonyl (C=O) groups excluding carboxylic acids is 4. The smallest absolute Gasteiger partial charge is 0.251 e. The van der Waals surface area contributed by atoms with Crippen molar-refractivity contribution in [3.05, 3.63) is 94.0 Å². The predicted octanol–water partition coefficient (Wildman–Crippen LogP) is 3.35. The zero-order valence-electron chi connectivity index (χ0n) is 24.2. The average molecular weight is 573 g/mol. The van der Waals surface area contributed by atoms with Crippen LogP contribution in [0.2, 0.25) is 0 Å². The molecule has 3 aromatic rings. The molecular formula is C32H40N6O4. The van der Waals surface area contributed by atoms with E-state index in [1.165, 1.54) is 0 Å². The minimum Gasteiger partial charge on any atom is -0.399 e. The molecule has 42 heavy (non-hydrogen) atoms. The van der Waals surface area contributed by atoms with Crippen LogP contribution in [0.1, 0.15) is 78.2 Å². The number of amides is 4. The van der Waals surface area contributed by atoms with Gasteiger partial charge in [0.1, 0.15) is 0 Å². The van der Waals surface area contributed by atoms with E-state index < -0.39 is 0 Å². The molecule has 3 aromatic carbocycles. The van der Waals surface area contributed by atoms with Crippen LogP contribution in [0.5, 0.6) is 0 Å². The summed E-state index contributed by atoms with van der Waals surface area (Å²) in [5.41, 5.74) is 16.5. The van der Waals surface area contributed by atoms with Crippen molar-refractivity contribution < 1.29 is 19.2 Å². The van der Waals surface area contributed by atoms with Crippen LogP contribution in [0.3, 0.4) is 0 Å². The Hall–Kier alpha value is -4.86. The van der Waals surface area contributed by atoms with Crippen LogP contribution in [0, 0.1) is 13.8 Å². The highest BCUT2D eigenvalue weighted by Crippen LogP contribution is 2.13. The molecule has 0 saturated heterocycles. The third-order valence-electron chi connectivity index (χ3n) is 6.75. The zero-order chi connectivity index (χ0) is 30.5. The topological polar surface area (TPSA) is 168 Å². The summed E-state index contributed by atoms with van der Waals surface area (Å²) in [6.45, 7) is 5.63. The Morgan fingerprint density at radius 2 is 0.810 bits per heavy atom. The Morgan fingerprint density at radius 1 is 0.500 bits per heavy atom. The lowest BCUT2D eigenvalue weighted by atomic mass is 10.1. The Kier molecular flexibility index (Phi) is 11.9. The molecule has 0 radical (unpaired) electrons. The van der Waals surface area contributed by atoms with Gasteiger partial charge in [0, 0.05) is 59.8 Å². The Bertz CT molecular complexity index is 1300. The van der Waals surface area contributed by atoms with E-state index in [1.54, 1.807) is 60.7 Å². The van der Waals surface area contributed by atoms with Gasteiger partial charge < -0.3 is 32.7 Å². The van der Waals surface area contributed by atoms with Crippen molar-refractivity contribution in [2.45, 2.75) is 39.5 Å². The van der Waals surface area contributed by atoms with E-state index >= 15 is 0 Å². The lowest BCUT2D eigenvalue weighted by Gasteiger charge is -2.10. The molecule has 0 aliphatic carbocycles. The summed E-state index contributed by atoms with van der Waals surface area (Å²) < 4.78 is 0. The SMILES string of the molecule is Cc1cc(N)ccc1C(=O)NCCCCNC(=O)c1ccc(C(=O)NCCCCNC(=O)c2ccc(N)cc2C)cc1. The summed E-state index contributed by atoms with van der Waals surface area (Å²) in [4.78, 5) is 49.5. The highest BCUT2D eigenvalue weighted by atomic mass is 16.2. The van der Waals surface area contributed by atoms with Crippen molar-refractivity contribution in [2.75, 3.05) is 37.6 Å². The second-order valence-electron chi connectivity index (χ2n) is 10.2. The van der Waals surface area contributed by atoms with Gasteiger partial charge in [0.15, 0.2) is 0 Å². The molecule has 0 unspecified atom stereocenters. The van der Waals surface area contributed by atoms with Crippen LogP contribution >= 0.6 is 0 Å². The normalized spacial score (nSPS) is 10.5. The van der Waals surface area contributed by atoms with Crippen molar-refractivity contribution in [2.24, 2.45) is 0 Å². The number of hydrogen-bond donors (Lipinski definition) is 6. The van der Waals surface area contributed by atoms with Crippen molar-refractivity contribution in [3.8, 4) is 0 Å². The first-order chi connectivity index (χ1) is 20.2. The predicted molar refractivity (Wildman–Crippen MR) is 165 cm³/mol. The number of carbonyl (C=O) groups is 4. The molecule has 0 bridgehead atoms. The number of hydrogen-bond acceptors (Lipinski definition) is 6. The summed E-state index contributed by atoms with van der Waals surface area (Å²) in [7, 11) is 0. The van der Waals surface area contributed by atoms with E-state index in [0.717, 1.165) is 11.1 Å². The molecule has 10 nitrogen and oxygen atoms in total. The third kappa shape index (κ3) is 9.65. The van der Waals surface area contributed by atoms with E-state index in [-0.39, 0.29) is 23.6 Å². The van der Waals surface area contributed by atoms with Crippen LogP contribution < -0.4 is 32.7 Å². The van der Waals surface area contributed by atoms with Gasteiger partial charge in [-0.3, -0.25) is 19.2 Å². The molecule has 0 atom stereocenters. The molecule has 0 aromatic heterocycles. The lowest BCUT2D eigenvalue weighted by Crippen LogP contribution is -2.28. The van der Waals surface area contributed by atoms with Gasteiger partial charge in [-0.05, 0) is 111 Å². The van der Waals surface area contributed by atoms with Crippen molar-refractivity contribution in [1.82, 2.24) is 21.3 Å². The standard InChI is InChI=1S/C32H40N6O4/c1-21-19-25(33)11-13-27(21)31(41)37-17-5-3-15-35-29(39)23-7-9-24(10-8-23)30(40)36-16-4-6-18-38-32(42)28-14-12-26(34)20-22(28)2/h7-14,19-20H,3-6,15-18,33-34H2,1-2H3,(H,35,39)(H,36,40)(H,37,41)(H,38,42). The van der Waals surface area contributed by atoms with Gasteiger partial charge >= 0.3 is 0 Å². The van der Waals surface area contributed by atoms with Crippen molar-refractivity contribution in [1.29, 1.82) is 0 Å². The van der Waals surface area contributed by atoms with Crippen LogP contribution in [0.25, 0.3) is 0 Å². The van der Waals surface area contributed by atoms with Gasteiger partial charge in [-0.1, -0.05) is 0 Å². The molecular weight excluding hydrogens is 532 g/mol. The minimum absolute atomic E-state index is 0.144. The highest BCUT2D eigenvalue weighted by Gasteiger charge is 2.11. The van der Waals surface area contributed by atoms with E-state index in [4.69, 9.17) is 11.5 Å². The summed E-state index contributed by atoms with van der Waals surface area (Å²) in [6.07, 6.45) is 2.84.